The van der Waals surface area contributed by atoms with Gasteiger partial charge in [0.2, 0.25) is 5.91 Å². The van der Waals surface area contributed by atoms with E-state index in [-0.39, 0.29) is 11.6 Å². The highest BCUT2D eigenvalue weighted by molar-refractivity contribution is 6.05. The van der Waals surface area contributed by atoms with Crippen LogP contribution in [0.15, 0.2) is 12.1 Å². The highest BCUT2D eigenvalue weighted by Gasteiger charge is 2.40. The van der Waals surface area contributed by atoms with Crippen LogP contribution in [-0.4, -0.2) is 19.6 Å². The number of benzene rings is 1. The predicted molar refractivity (Wildman–Crippen MR) is 66.9 cm³/mol. The molecule has 0 aliphatic carbocycles. The van der Waals surface area contributed by atoms with Gasteiger partial charge in [-0.15, -0.1) is 0 Å². The van der Waals surface area contributed by atoms with E-state index in [1.54, 1.807) is 27.0 Å². The van der Waals surface area contributed by atoms with Crippen LogP contribution < -0.4 is 11.1 Å². The molecule has 0 aromatic heterocycles. The number of carbonyl (C=O) groups is 1. The lowest BCUT2D eigenvalue weighted by atomic mass is 9.84. The zero-order valence-electron chi connectivity index (χ0n) is 10.7. The van der Waals surface area contributed by atoms with Gasteiger partial charge in [0.25, 0.3) is 0 Å². The summed E-state index contributed by atoms with van der Waals surface area (Å²) in [5.41, 5.74) is 6.70. The third kappa shape index (κ3) is 1.89. The van der Waals surface area contributed by atoms with Gasteiger partial charge >= 0.3 is 0 Å². The minimum atomic E-state index is -0.737. The number of ether oxygens (including phenoxy) is 1. The lowest BCUT2D eigenvalue weighted by Crippen LogP contribution is -2.27. The molecule has 1 aromatic carbocycles. The second kappa shape index (κ2) is 4.33. The number of fused-ring (bicyclic) bond motifs is 1. The van der Waals surface area contributed by atoms with Crippen molar-refractivity contribution in [1.82, 2.24) is 0 Å². The zero-order valence-corrected chi connectivity index (χ0v) is 10.7. The summed E-state index contributed by atoms with van der Waals surface area (Å²) in [4.78, 5) is 11.8. The number of anilines is 1. The summed E-state index contributed by atoms with van der Waals surface area (Å²) in [5, 5.41) is 2.57. The Balaban J connectivity index is 2.49. The fourth-order valence-electron chi connectivity index (χ4n) is 2.13. The third-order valence-electron chi connectivity index (χ3n) is 3.37. The number of carbonyl (C=O) groups excluding carboxylic acids is 1. The number of halogens is 1. The van der Waals surface area contributed by atoms with Crippen molar-refractivity contribution in [2.45, 2.75) is 25.3 Å². The van der Waals surface area contributed by atoms with E-state index < -0.39 is 17.3 Å². The fourth-order valence-corrected chi connectivity index (χ4v) is 2.13. The molecule has 1 aliphatic heterocycles. The Morgan fingerprint density at radius 3 is 2.78 bits per heavy atom. The number of methoxy groups -OCH3 is 1. The van der Waals surface area contributed by atoms with Crippen LogP contribution in [0.4, 0.5) is 10.1 Å². The molecule has 3 N–H and O–H groups in total. The monoisotopic (exact) mass is 252 g/mol. The largest absolute Gasteiger partial charge is 0.383 e. The first-order valence-electron chi connectivity index (χ1n) is 5.77. The van der Waals surface area contributed by atoms with Crippen molar-refractivity contribution >= 4 is 11.6 Å². The van der Waals surface area contributed by atoms with E-state index >= 15 is 0 Å². The second-order valence-electron chi connectivity index (χ2n) is 5.07. The third-order valence-corrected chi connectivity index (χ3v) is 3.37. The van der Waals surface area contributed by atoms with Crippen molar-refractivity contribution in [1.29, 1.82) is 0 Å². The average Bonchev–Trinajstić information content (AvgIpc) is 2.52. The molecule has 1 aromatic rings. The molecule has 2 rings (SSSR count). The Hall–Kier alpha value is -1.46. The van der Waals surface area contributed by atoms with Gasteiger partial charge in [0.1, 0.15) is 5.82 Å². The van der Waals surface area contributed by atoms with E-state index in [2.05, 4.69) is 5.32 Å². The number of hydrogen-bond acceptors (Lipinski definition) is 3. The van der Waals surface area contributed by atoms with Gasteiger partial charge in [0.15, 0.2) is 0 Å². The van der Waals surface area contributed by atoms with Crippen LogP contribution in [-0.2, 0) is 14.9 Å². The van der Waals surface area contributed by atoms with Crippen LogP contribution in [0.25, 0.3) is 0 Å². The number of amides is 1. The average molecular weight is 252 g/mol. The summed E-state index contributed by atoms with van der Waals surface area (Å²) in [5.74, 6) is -0.651. The SMILES string of the molecule is COCC(N)c1cc(F)c2c(c1)C(C)(C)C(=O)N2. The van der Waals surface area contributed by atoms with E-state index in [0.717, 1.165) is 0 Å². The number of nitrogens with two attached hydrogens (primary N) is 1. The van der Waals surface area contributed by atoms with Crippen LogP contribution >= 0.6 is 0 Å². The Bertz CT molecular complexity index is 500. The molecule has 0 saturated carbocycles. The summed E-state index contributed by atoms with van der Waals surface area (Å²) >= 11 is 0. The molecule has 0 fully saturated rings. The smallest absolute Gasteiger partial charge is 0.234 e. The van der Waals surface area contributed by atoms with Crippen LogP contribution in [0.3, 0.4) is 0 Å². The first-order chi connectivity index (χ1) is 8.37. The first-order valence-corrected chi connectivity index (χ1v) is 5.77. The highest BCUT2D eigenvalue weighted by Crippen LogP contribution is 2.40. The Labute approximate surface area is 105 Å². The van der Waals surface area contributed by atoms with Crippen molar-refractivity contribution in [3.05, 3.63) is 29.1 Å². The van der Waals surface area contributed by atoms with Crippen molar-refractivity contribution in [3.63, 3.8) is 0 Å². The van der Waals surface area contributed by atoms with Crippen LogP contribution in [0.5, 0.6) is 0 Å². The number of rotatable bonds is 3. The summed E-state index contributed by atoms with van der Waals surface area (Å²) in [7, 11) is 1.54. The predicted octanol–water partition coefficient (Wildman–Crippen LogP) is 1.70. The minimum Gasteiger partial charge on any atom is -0.383 e. The van der Waals surface area contributed by atoms with E-state index in [1.807, 2.05) is 0 Å². The van der Waals surface area contributed by atoms with Gasteiger partial charge in [-0.25, -0.2) is 4.39 Å². The minimum absolute atomic E-state index is 0.200. The maximum atomic E-state index is 14.0. The molecule has 5 heteroatoms. The van der Waals surface area contributed by atoms with Gasteiger partial charge in [0, 0.05) is 7.11 Å². The molecular formula is C13H17FN2O2. The van der Waals surface area contributed by atoms with Crippen molar-refractivity contribution < 1.29 is 13.9 Å². The topological polar surface area (TPSA) is 64.3 Å². The summed E-state index contributed by atoms with van der Waals surface area (Å²) in [6, 6.07) is 2.73. The molecule has 1 amide bonds. The standard InChI is InChI=1S/C13H17FN2O2/c1-13(2)8-4-7(10(15)6-18-3)5-9(14)11(8)16-12(13)17/h4-5,10H,6,15H2,1-3H3,(H,16,17). The molecule has 18 heavy (non-hydrogen) atoms. The fraction of sp³-hybridized carbons (Fsp3) is 0.462. The molecule has 1 heterocycles. The Kier molecular flexibility index (Phi) is 3.12. The van der Waals surface area contributed by atoms with Gasteiger partial charge in [0.05, 0.1) is 23.8 Å². The Morgan fingerprint density at radius 2 is 2.17 bits per heavy atom. The molecule has 0 saturated heterocycles. The lowest BCUT2D eigenvalue weighted by molar-refractivity contribution is -0.119. The maximum absolute atomic E-state index is 14.0. The quantitative estimate of drug-likeness (QED) is 0.860. The number of nitrogens with one attached hydrogen (secondary N) is 1. The van der Waals surface area contributed by atoms with Crippen molar-refractivity contribution in [2.75, 3.05) is 19.0 Å². The molecule has 0 bridgehead atoms. The van der Waals surface area contributed by atoms with Crippen LogP contribution in [0.1, 0.15) is 31.0 Å². The molecular weight excluding hydrogens is 235 g/mol. The number of hydrogen-bond donors (Lipinski definition) is 2. The van der Waals surface area contributed by atoms with Gasteiger partial charge in [-0.1, -0.05) is 6.07 Å². The molecule has 0 spiro atoms. The lowest BCUT2D eigenvalue weighted by Gasteiger charge is -2.18. The molecule has 0 radical (unpaired) electrons. The van der Waals surface area contributed by atoms with Gasteiger partial charge < -0.3 is 15.8 Å². The summed E-state index contributed by atoms with van der Waals surface area (Å²) < 4.78 is 18.9. The summed E-state index contributed by atoms with van der Waals surface area (Å²) in [6.45, 7) is 3.83. The van der Waals surface area contributed by atoms with Gasteiger partial charge in [-0.05, 0) is 31.0 Å². The van der Waals surface area contributed by atoms with Crippen molar-refractivity contribution in [3.8, 4) is 0 Å². The molecule has 1 atom stereocenters. The molecule has 4 nitrogen and oxygen atoms in total. The highest BCUT2D eigenvalue weighted by atomic mass is 19.1. The van der Waals surface area contributed by atoms with E-state index in [0.29, 0.717) is 17.7 Å². The Morgan fingerprint density at radius 1 is 1.50 bits per heavy atom. The second-order valence-corrected chi connectivity index (χ2v) is 5.07. The molecule has 1 unspecified atom stereocenters. The maximum Gasteiger partial charge on any atom is 0.234 e. The molecule has 98 valence electrons. The van der Waals surface area contributed by atoms with E-state index in [9.17, 15) is 9.18 Å². The zero-order chi connectivity index (χ0) is 13.5. The van der Waals surface area contributed by atoms with E-state index in [4.69, 9.17) is 10.5 Å². The van der Waals surface area contributed by atoms with Crippen LogP contribution in [0.2, 0.25) is 0 Å². The van der Waals surface area contributed by atoms with Crippen LogP contribution in [0, 0.1) is 5.82 Å². The summed E-state index contributed by atoms with van der Waals surface area (Å²) in [6.07, 6.45) is 0. The normalized spacial score (nSPS) is 18.4. The molecule has 1 aliphatic rings. The van der Waals surface area contributed by atoms with Gasteiger partial charge in [-0.3, -0.25) is 4.79 Å². The van der Waals surface area contributed by atoms with Gasteiger partial charge in [-0.2, -0.15) is 0 Å². The van der Waals surface area contributed by atoms with Crippen molar-refractivity contribution in [2.24, 2.45) is 5.73 Å². The van der Waals surface area contributed by atoms with E-state index in [1.165, 1.54) is 6.07 Å². The first kappa shape index (κ1) is 13.0.